The van der Waals surface area contributed by atoms with Gasteiger partial charge < -0.3 is 14.6 Å². The van der Waals surface area contributed by atoms with E-state index in [-0.39, 0.29) is 24.9 Å². The van der Waals surface area contributed by atoms with Crippen LogP contribution in [0.25, 0.3) is 27.8 Å². The minimum absolute atomic E-state index is 0.158. The Bertz CT molecular complexity index is 1270. The summed E-state index contributed by atoms with van der Waals surface area (Å²) in [6.45, 7) is 3.15. The lowest BCUT2D eigenvalue weighted by Crippen LogP contribution is -2.40. The van der Waals surface area contributed by atoms with Crippen LogP contribution in [0.1, 0.15) is 24.7 Å². The van der Waals surface area contributed by atoms with Gasteiger partial charge >= 0.3 is 0 Å². The average Bonchev–Trinajstić information content (AvgIpc) is 3.21. The third kappa shape index (κ3) is 2.74. The molecule has 2 aliphatic rings. The van der Waals surface area contributed by atoms with Crippen LogP contribution in [0.3, 0.4) is 0 Å². The molecule has 1 aliphatic heterocycles. The first-order chi connectivity index (χ1) is 14.5. The van der Waals surface area contributed by atoms with Crippen molar-refractivity contribution in [2.24, 2.45) is 0 Å². The summed E-state index contributed by atoms with van der Waals surface area (Å²) >= 11 is 0. The van der Waals surface area contributed by atoms with Crippen molar-refractivity contribution in [2.45, 2.75) is 37.8 Å². The number of rotatable bonds is 4. The van der Waals surface area contributed by atoms with Gasteiger partial charge in [-0.15, -0.1) is 5.10 Å². The number of aromatic nitrogens is 6. The molecule has 0 amide bonds. The lowest BCUT2D eigenvalue weighted by molar-refractivity contribution is -0.103. The molecule has 8 nitrogen and oxygen atoms in total. The highest BCUT2D eigenvalue weighted by molar-refractivity contribution is 5.85. The van der Waals surface area contributed by atoms with Crippen molar-refractivity contribution in [3.63, 3.8) is 0 Å². The Kier molecular flexibility index (Phi) is 3.64. The molecule has 0 aromatic carbocycles. The number of alkyl halides is 2. The zero-order chi connectivity index (χ0) is 20.5. The highest BCUT2D eigenvalue weighted by atomic mass is 19.3. The minimum atomic E-state index is -2.59. The lowest BCUT2D eigenvalue weighted by atomic mass is 9.87. The van der Waals surface area contributed by atoms with Crippen LogP contribution in [0.15, 0.2) is 30.7 Å². The number of pyridine rings is 1. The predicted octanol–water partition coefficient (Wildman–Crippen LogP) is 3.23. The quantitative estimate of drug-likeness (QED) is 0.555. The molecule has 1 saturated carbocycles. The fraction of sp³-hybridized carbons (Fsp3) is 0.400. The Labute approximate surface area is 169 Å². The number of fused-ring (bicyclic) bond motifs is 2. The molecule has 6 rings (SSSR count). The van der Waals surface area contributed by atoms with E-state index < -0.39 is 5.92 Å². The number of nitrogens with one attached hydrogen (secondary N) is 1. The van der Waals surface area contributed by atoms with E-state index >= 15 is 0 Å². The summed E-state index contributed by atoms with van der Waals surface area (Å²) in [5.41, 5.74) is 3.97. The number of hydrogen-bond donors (Lipinski definition) is 1. The van der Waals surface area contributed by atoms with Crippen LogP contribution < -0.4 is 5.32 Å². The van der Waals surface area contributed by atoms with E-state index in [0.29, 0.717) is 30.6 Å². The average molecular weight is 411 g/mol. The maximum Gasteiger partial charge on any atom is 0.252 e. The van der Waals surface area contributed by atoms with Gasteiger partial charge in [0.25, 0.3) is 5.92 Å². The number of halogens is 2. The number of imidazole rings is 1. The van der Waals surface area contributed by atoms with E-state index in [1.54, 1.807) is 16.9 Å². The summed E-state index contributed by atoms with van der Waals surface area (Å²) < 4.78 is 35.7. The first kappa shape index (κ1) is 17.7. The summed E-state index contributed by atoms with van der Waals surface area (Å²) in [5, 5.41) is 7.74. The summed E-state index contributed by atoms with van der Waals surface area (Å²) in [4.78, 5) is 13.4. The van der Waals surface area contributed by atoms with Crippen LogP contribution in [0.4, 0.5) is 14.7 Å². The van der Waals surface area contributed by atoms with Crippen LogP contribution >= 0.6 is 0 Å². The van der Waals surface area contributed by atoms with Gasteiger partial charge in [0.15, 0.2) is 5.65 Å². The smallest absolute Gasteiger partial charge is 0.252 e. The Morgan fingerprint density at radius 3 is 2.73 bits per heavy atom. The molecule has 30 heavy (non-hydrogen) atoms. The molecule has 2 fully saturated rings. The normalized spacial score (nSPS) is 19.2. The molecule has 4 aromatic heterocycles. The summed E-state index contributed by atoms with van der Waals surface area (Å²) in [6, 6.07) is 3.91. The van der Waals surface area contributed by atoms with Crippen molar-refractivity contribution in [1.29, 1.82) is 0 Å². The molecule has 1 N–H and O–H groups in total. The van der Waals surface area contributed by atoms with Gasteiger partial charge in [-0.05, 0) is 19.1 Å². The molecule has 10 heteroatoms. The molecular weight excluding hydrogens is 392 g/mol. The second-order valence-electron chi connectivity index (χ2n) is 8.03. The highest BCUT2D eigenvalue weighted by Crippen LogP contribution is 2.47. The van der Waals surface area contributed by atoms with Crippen LogP contribution in [0.2, 0.25) is 0 Å². The fourth-order valence-corrected chi connectivity index (χ4v) is 4.22. The maximum absolute atomic E-state index is 13.4. The maximum atomic E-state index is 13.4. The molecule has 0 radical (unpaired) electrons. The molecule has 0 bridgehead atoms. The number of aryl methyl sites for hydroxylation is 1. The molecule has 154 valence electrons. The first-order valence-electron chi connectivity index (χ1n) is 9.88. The van der Waals surface area contributed by atoms with Crippen molar-refractivity contribution in [3.8, 4) is 11.1 Å². The van der Waals surface area contributed by atoms with Crippen molar-refractivity contribution in [2.75, 3.05) is 18.5 Å². The predicted molar refractivity (Wildman–Crippen MR) is 106 cm³/mol. The van der Waals surface area contributed by atoms with Crippen LogP contribution in [-0.2, 0) is 4.74 Å². The van der Waals surface area contributed by atoms with E-state index in [0.717, 1.165) is 22.2 Å². The summed E-state index contributed by atoms with van der Waals surface area (Å²) in [5.74, 6) is -1.34. The largest absolute Gasteiger partial charge is 0.377 e. The van der Waals surface area contributed by atoms with E-state index in [9.17, 15) is 8.78 Å². The second kappa shape index (κ2) is 6.18. The van der Waals surface area contributed by atoms with Gasteiger partial charge in [0, 0.05) is 42.4 Å². The molecule has 0 unspecified atom stereocenters. The Morgan fingerprint density at radius 2 is 2.00 bits per heavy atom. The van der Waals surface area contributed by atoms with Crippen LogP contribution in [0, 0.1) is 6.92 Å². The van der Waals surface area contributed by atoms with Crippen LogP contribution in [0.5, 0.6) is 0 Å². The van der Waals surface area contributed by atoms with E-state index in [2.05, 4.69) is 25.4 Å². The molecule has 4 aromatic rings. The summed E-state index contributed by atoms with van der Waals surface area (Å²) in [7, 11) is 0. The lowest BCUT2D eigenvalue weighted by Gasteiger charge is -2.36. The zero-order valence-electron chi connectivity index (χ0n) is 16.2. The second-order valence-corrected chi connectivity index (χ2v) is 8.03. The number of nitrogens with zero attached hydrogens (tertiary/aromatic N) is 6. The third-order valence-corrected chi connectivity index (χ3v) is 5.86. The third-order valence-electron chi connectivity index (χ3n) is 5.86. The highest BCUT2D eigenvalue weighted by Gasteiger charge is 2.47. The number of ether oxygens (including phenoxy) is 1. The molecular formula is C20H19F2N7O. The van der Waals surface area contributed by atoms with Gasteiger partial charge in [-0.2, -0.15) is 0 Å². The van der Waals surface area contributed by atoms with Gasteiger partial charge in [-0.1, -0.05) is 0 Å². The number of anilines is 1. The Balaban J connectivity index is 1.38. The molecule has 1 saturated heterocycles. The van der Waals surface area contributed by atoms with Crippen molar-refractivity contribution in [3.05, 3.63) is 36.5 Å². The first-order valence-corrected chi connectivity index (χ1v) is 9.88. The van der Waals surface area contributed by atoms with Crippen molar-refractivity contribution in [1.82, 2.24) is 29.1 Å². The van der Waals surface area contributed by atoms with Crippen molar-refractivity contribution < 1.29 is 13.5 Å². The number of hydrogen-bond acceptors (Lipinski definition) is 6. The monoisotopic (exact) mass is 411 g/mol. The van der Waals surface area contributed by atoms with Gasteiger partial charge in [0.2, 0.25) is 5.95 Å². The van der Waals surface area contributed by atoms with Crippen molar-refractivity contribution >= 4 is 22.6 Å². The topological polar surface area (TPSA) is 82.2 Å². The molecule has 0 spiro atoms. The van der Waals surface area contributed by atoms with Gasteiger partial charge in [-0.25, -0.2) is 28.2 Å². The van der Waals surface area contributed by atoms with Crippen LogP contribution in [-0.4, -0.2) is 54.3 Å². The van der Waals surface area contributed by atoms with Gasteiger partial charge in [0.1, 0.15) is 5.82 Å². The minimum Gasteiger partial charge on any atom is -0.377 e. The zero-order valence-corrected chi connectivity index (χ0v) is 16.2. The Hall–Kier alpha value is -3.14. The van der Waals surface area contributed by atoms with E-state index in [1.165, 1.54) is 0 Å². The van der Waals surface area contributed by atoms with Gasteiger partial charge in [-0.3, -0.25) is 0 Å². The summed E-state index contributed by atoms with van der Waals surface area (Å²) in [6.07, 6.45) is 5.07. The standard InChI is InChI=1S/C20H19F2N7O/c1-11-25-18-16(29(11)14-5-20(21,22)6-14)4-12(7-23-18)15-2-3-28-17(15)8-24-19(27-28)26-13-9-30-10-13/h2-4,7-8,13-14H,5-6,9-10H2,1H3,(H,26,27). The van der Waals surface area contributed by atoms with E-state index in [4.69, 9.17) is 4.74 Å². The SMILES string of the molecule is Cc1nc2ncc(-c3ccn4nc(NC5COC5)ncc34)cc2n1C1CC(F)(F)C1. The molecule has 1 aliphatic carbocycles. The van der Waals surface area contributed by atoms with E-state index in [1.807, 2.05) is 29.8 Å². The fourth-order valence-electron chi connectivity index (χ4n) is 4.22. The molecule has 0 atom stereocenters. The van der Waals surface area contributed by atoms with Gasteiger partial charge in [0.05, 0.1) is 36.5 Å². The Morgan fingerprint density at radius 1 is 1.17 bits per heavy atom. The molecule has 5 heterocycles.